The molecule has 0 heterocycles. The lowest BCUT2D eigenvalue weighted by atomic mass is 9.97. The first-order valence-electron chi connectivity index (χ1n) is 7.74. The van der Waals surface area contributed by atoms with Crippen molar-refractivity contribution in [2.45, 2.75) is 39.2 Å². The Hall–Kier alpha value is -1.31. The highest BCUT2D eigenvalue weighted by molar-refractivity contribution is 6.31. The predicted molar refractivity (Wildman–Crippen MR) is 92.0 cm³/mol. The number of hydrogen-bond acceptors (Lipinski definition) is 1. The SMILES string of the molecule is CCCNC(CCc1ccccc1)c1ccc(Cl)c(C)c1. The van der Waals surface area contributed by atoms with Crippen LogP contribution in [0.15, 0.2) is 48.5 Å². The van der Waals surface area contributed by atoms with Crippen molar-refractivity contribution in [3.8, 4) is 0 Å². The number of nitrogens with one attached hydrogen (secondary N) is 1. The molecule has 0 aliphatic rings. The first-order chi connectivity index (χ1) is 10.2. The average Bonchev–Trinajstić information content (AvgIpc) is 2.51. The van der Waals surface area contributed by atoms with E-state index in [1.807, 2.05) is 6.07 Å². The molecule has 0 aliphatic heterocycles. The topological polar surface area (TPSA) is 12.0 Å². The van der Waals surface area contributed by atoms with Crippen molar-refractivity contribution >= 4 is 11.6 Å². The van der Waals surface area contributed by atoms with E-state index in [1.165, 1.54) is 11.1 Å². The van der Waals surface area contributed by atoms with E-state index in [9.17, 15) is 0 Å². The molecule has 0 aliphatic carbocycles. The molecule has 21 heavy (non-hydrogen) atoms. The monoisotopic (exact) mass is 301 g/mol. The van der Waals surface area contributed by atoms with E-state index in [4.69, 9.17) is 11.6 Å². The molecule has 0 spiro atoms. The van der Waals surface area contributed by atoms with E-state index in [-0.39, 0.29) is 0 Å². The zero-order chi connectivity index (χ0) is 15.1. The summed E-state index contributed by atoms with van der Waals surface area (Å²) in [6.07, 6.45) is 3.34. The summed E-state index contributed by atoms with van der Waals surface area (Å²) in [5, 5.41) is 4.50. The molecular weight excluding hydrogens is 278 g/mol. The molecule has 0 saturated carbocycles. The summed E-state index contributed by atoms with van der Waals surface area (Å²) >= 11 is 6.14. The number of rotatable bonds is 7. The van der Waals surface area contributed by atoms with Crippen molar-refractivity contribution in [1.82, 2.24) is 5.32 Å². The Bertz CT molecular complexity index is 551. The maximum Gasteiger partial charge on any atom is 0.0435 e. The van der Waals surface area contributed by atoms with Crippen LogP contribution >= 0.6 is 11.6 Å². The van der Waals surface area contributed by atoms with Gasteiger partial charge in [-0.25, -0.2) is 0 Å². The predicted octanol–water partition coefficient (Wildman–Crippen LogP) is 5.32. The zero-order valence-corrected chi connectivity index (χ0v) is 13.7. The van der Waals surface area contributed by atoms with Crippen LogP contribution in [0.3, 0.4) is 0 Å². The lowest BCUT2D eigenvalue weighted by Crippen LogP contribution is -2.22. The maximum atomic E-state index is 6.14. The minimum atomic E-state index is 0.390. The minimum absolute atomic E-state index is 0.390. The van der Waals surface area contributed by atoms with E-state index < -0.39 is 0 Å². The molecule has 1 unspecified atom stereocenters. The second kappa shape index (κ2) is 8.21. The van der Waals surface area contributed by atoms with Gasteiger partial charge < -0.3 is 5.32 Å². The van der Waals surface area contributed by atoms with Crippen LogP contribution in [-0.2, 0) is 6.42 Å². The Morgan fingerprint density at radius 3 is 2.52 bits per heavy atom. The molecule has 0 aromatic heterocycles. The Labute approximate surface area is 133 Å². The third-order valence-electron chi connectivity index (χ3n) is 3.79. The standard InChI is InChI=1S/C19H24ClN/c1-3-13-21-19(12-9-16-7-5-4-6-8-16)17-10-11-18(20)15(2)14-17/h4-8,10-11,14,19,21H,3,9,12-13H2,1-2H3. The lowest BCUT2D eigenvalue weighted by molar-refractivity contribution is 0.499. The molecule has 1 atom stereocenters. The van der Waals surface area contributed by atoms with Crippen LogP contribution in [0.5, 0.6) is 0 Å². The first-order valence-corrected chi connectivity index (χ1v) is 8.12. The number of halogens is 1. The molecule has 2 aromatic carbocycles. The van der Waals surface area contributed by atoms with Gasteiger partial charge in [-0.3, -0.25) is 0 Å². The third kappa shape index (κ3) is 4.87. The van der Waals surface area contributed by atoms with E-state index in [0.29, 0.717) is 6.04 Å². The van der Waals surface area contributed by atoms with Gasteiger partial charge in [0, 0.05) is 11.1 Å². The lowest BCUT2D eigenvalue weighted by Gasteiger charge is -2.20. The number of aryl methyl sites for hydroxylation is 2. The van der Waals surface area contributed by atoms with Gasteiger partial charge >= 0.3 is 0 Å². The molecule has 0 amide bonds. The molecule has 0 radical (unpaired) electrons. The fraction of sp³-hybridized carbons (Fsp3) is 0.368. The minimum Gasteiger partial charge on any atom is -0.310 e. The van der Waals surface area contributed by atoms with Crippen molar-refractivity contribution in [3.05, 3.63) is 70.2 Å². The van der Waals surface area contributed by atoms with Crippen LogP contribution in [0, 0.1) is 6.92 Å². The molecule has 1 nitrogen and oxygen atoms in total. The van der Waals surface area contributed by atoms with Crippen LogP contribution in [0.2, 0.25) is 5.02 Å². The van der Waals surface area contributed by atoms with E-state index in [1.54, 1.807) is 0 Å². The Balaban J connectivity index is 2.08. The van der Waals surface area contributed by atoms with Crippen molar-refractivity contribution in [1.29, 1.82) is 0 Å². The molecule has 0 bridgehead atoms. The summed E-state index contributed by atoms with van der Waals surface area (Å²) in [6.45, 7) is 5.31. The Morgan fingerprint density at radius 2 is 1.86 bits per heavy atom. The Kier molecular flexibility index (Phi) is 6.28. The summed E-state index contributed by atoms with van der Waals surface area (Å²) < 4.78 is 0. The Morgan fingerprint density at radius 1 is 1.10 bits per heavy atom. The average molecular weight is 302 g/mol. The zero-order valence-electron chi connectivity index (χ0n) is 12.9. The normalized spacial score (nSPS) is 12.3. The summed E-state index contributed by atoms with van der Waals surface area (Å²) in [6, 6.07) is 17.4. The van der Waals surface area contributed by atoms with E-state index in [2.05, 4.69) is 61.6 Å². The molecule has 2 aromatic rings. The summed E-state index contributed by atoms with van der Waals surface area (Å²) in [5.74, 6) is 0. The van der Waals surface area contributed by atoms with Crippen LogP contribution in [0.4, 0.5) is 0 Å². The molecule has 0 fully saturated rings. The van der Waals surface area contributed by atoms with Crippen LogP contribution in [-0.4, -0.2) is 6.54 Å². The van der Waals surface area contributed by atoms with Crippen molar-refractivity contribution in [3.63, 3.8) is 0 Å². The molecule has 2 rings (SSSR count). The number of benzene rings is 2. The van der Waals surface area contributed by atoms with Gasteiger partial charge in [0.25, 0.3) is 0 Å². The van der Waals surface area contributed by atoms with Gasteiger partial charge in [-0.1, -0.05) is 61.0 Å². The number of hydrogen-bond donors (Lipinski definition) is 1. The summed E-state index contributed by atoms with van der Waals surface area (Å²) in [5.41, 5.74) is 3.88. The maximum absolute atomic E-state index is 6.14. The summed E-state index contributed by atoms with van der Waals surface area (Å²) in [4.78, 5) is 0. The fourth-order valence-electron chi connectivity index (χ4n) is 2.55. The largest absolute Gasteiger partial charge is 0.310 e. The highest BCUT2D eigenvalue weighted by Crippen LogP contribution is 2.24. The molecule has 1 N–H and O–H groups in total. The molecule has 0 saturated heterocycles. The highest BCUT2D eigenvalue weighted by Gasteiger charge is 2.11. The fourth-order valence-corrected chi connectivity index (χ4v) is 2.66. The van der Waals surface area contributed by atoms with Crippen molar-refractivity contribution < 1.29 is 0 Å². The van der Waals surface area contributed by atoms with E-state index >= 15 is 0 Å². The van der Waals surface area contributed by atoms with Crippen LogP contribution in [0.1, 0.15) is 42.5 Å². The van der Waals surface area contributed by atoms with Crippen LogP contribution in [0.25, 0.3) is 0 Å². The van der Waals surface area contributed by atoms with Gasteiger partial charge in [0.2, 0.25) is 0 Å². The third-order valence-corrected chi connectivity index (χ3v) is 4.21. The second-order valence-electron chi connectivity index (χ2n) is 5.54. The molecular formula is C19H24ClN. The van der Waals surface area contributed by atoms with Gasteiger partial charge in [0.15, 0.2) is 0 Å². The van der Waals surface area contributed by atoms with Crippen molar-refractivity contribution in [2.24, 2.45) is 0 Å². The summed E-state index contributed by atoms with van der Waals surface area (Å²) in [7, 11) is 0. The van der Waals surface area contributed by atoms with Crippen LogP contribution < -0.4 is 5.32 Å². The smallest absolute Gasteiger partial charge is 0.0435 e. The van der Waals surface area contributed by atoms with E-state index in [0.717, 1.165) is 36.4 Å². The molecule has 2 heteroatoms. The van der Waals surface area contributed by atoms with Gasteiger partial charge in [0.05, 0.1) is 0 Å². The molecule has 112 valence electrons. The quantitative estimate of drug-likeness (QED) is 0.729. The van der Waals surface area contributed by atoms with Gasteiger partial charge in [-0.05, 0) is 55.5 Å². The van der Waals surface area contributed by atoms with Crippen molar-refractivity contribution in [2.75, 3.05) is 6.54 Å². The first kappa shape index (κ1) is 16.1. The van der Waals surface area contributed by atoms with Gasteiger partial charge in [0.1, 0.15) is 0 Å². The van der Waals surface area contributed by atoms with Gasteiger partial charge in [-0.2, -0.15) is 0 Å². The highest BCUT2D eigenvalue weighted by atomic mass is 35.5. The van der Waals surface area contributed by atoms with Gasteiger partial charge in [-0.15, -0.1) is 0 Å². The second-order valence-corrected chi connectivity index (χ2v) is 5.95.